The van der Waals surface area contributed by atoms with E-state index in [1.807, 2.05) is 72.8 Å². The highest BCUT2D eigenvalue weighted by Gasteiger charge is 2.21. The van der Waals surface area contributed by atoms with Gasteiger partial charge >= 0.3 is 0 Å². The Kier molecular flexibility index (Phi) is 5.89. The number of para-hydroxylation sites is 3. The fourth-order valence-corrected chi connectivity index (χ4v) is 3.09. The summed E-state index contributed by atoms with van der Waals surface area (Å²) < 4.78 is 0.587. The second-order valence-corrected chi connectivity index (χ2v) is 7.32. The molecule has 0 radical (unpaired) electrons. The van der Waals surface area contributed by atoms with Crippen LogP contribution in [0, 0.1) is 0 Å². The molecule has 0 heterocycles. The average Bonchev–Trinajstić information content (AvgIpc) is 2.64. The van der Waals surface area contributed by atoms with Crippen LogP contribution in [0.4, 0.5) is 17.1 Å². The summed E-state index contributed by atoms with van der Waals surface area (Å²) in [5, 5.41) is 6.42. The monoisotopic (exact) mass is 360 g/mol. The minimum absolute atomic E-state index is 0.00163. The fourth-order valence-electron chi connectivity index (χ4n) is 3.09. The van der Waals surface area contributed by atoms with E-state index in [-0.39, 0.29) is 5.91 Å². The second-order valence-electron chi connectivity index (χ2n) is 7.32. The first kappa shape index (κ1) is 18.7. The van der Waals surface area contributed by atoms with Crippen molar-refractivity contribution in [2.75, 3.05) is 31.3 Å². The lowest BCUT2D eigenvalue weighted by Gasteiger charge is -2.29. The number of likely N-dealkylation sites (N-methyl/N-ethyl adjacent to an activating group) is 1. The molecule has 0 saturated heterocycles. The number of hydrogen-bond donors (Lipinski definition) is 2. The number of nitrogens with zero attached hydrogens (tertiary/aromatic N) is 1. The molecule has 0 aliphatic rings. The maximum Gasteiger partial charge on any atom is 0.279 e. The molecule has 0 spiro atoms. The molecule has 4 heteroatoms. The van der Waals surface area contributed by atoms with Gasteiger partial charge in [0, 0.05) is 11.3 Å². The number of rotatable bonds is 7. The highest BCUT2D eigenvalue weighted by Crippen LogP contribution is 2.25. The largest absolute Gasteiger partial charge is 0.354 e. The van der Waals surface area contributed by atoms with Crippen molar-refractivity contribution in [2.45, 2.75) is 6.54 Å². The third-order valence-electron chi connectivity index (χ3n) is 4.28. The number of carbonyl (C=O) groups excluding carboxylic acids is 1. The summed E-state index contributed by atoms with van der Waals surface area (Å²) in [5.74, 6) is -0.00163. The molecule has 0 unspecified atom stereocenters. The maximum absolute atomic E-state index is 12.7. The van der Waals surface area contributed by atoms with Gasteiger partial charge in [-0.25, -0.2) is 0 Å². The molecule has 0 saturated carbocycles. The van der Waals surface area contributed by atoms with Gasteiger partial charge in [0.05, 0.1) is 25.5 Å². The first-order valence-corrected chi connectivity index (χ1v) is 9.09. The van der Waals surface area contributed by atoms with E-state index < -0.39 is 0 Å². The number of anilines is 3. The van der Waals surface area contributed by atoms with Crippen LogP contribution in [0.2, 0.25) is 0 Å². The number of carbonyl (C=O) groups is 1. The van der Waals surface area contributed by atoms with Crippen LogP contribution in [0.3, 0.4) is 0 Å². The minimum Gasteiger partial charge on any atom is -0.354 e. The molecule has 138 valence electrons. The smallest absolute Gasteiger partial charge is 0.279 e. The molecule has 0 aliphatic heterocycles. The number of amides is 1. The SMILES string of the molecule is C[N+](C)(CC(=O)Nc1ccccc1Nc1ccccc1)Cc1ccccc1. The van der Waals surface area contributed by atoms with E-state index in [9.17, 15) is 4.79 Å². The van der Waals surface area contributed by atoms with Gasteiger partial charge in [0.15, 0.2) is 6.54 Å². The van der Waals surface area contributed by atoms with E-state index >= 15 is 0 Å². The van der Waals surface area contributed by atoms with Gasteiger partial charge in [-0.2, -0.15) is 0 Å². The van der Waals surface area contributed by atoms with E-state index in [1.165, 1.54) is 5.56 Å². The van der Waals surface area contributed by atoms with Crippen molar-refractivity contribution in [3.05, 3.63) is 90.5 Å². The lowest BCUT2D eigenvalue weighted by atomic mass is 10.2. The first-order valence-electron chi connectivity index (χ1n) is 9.09. The highest BCUT2D eigenvalue weighted by molar-refractivity contribution is 5.95. The molecule has 0 aromatic heterocycles. The van der Waals surface area contributed by atoms with Crippen LogP contribution in [-0.4, -0.2) is 31.0 Å². The Morgan fingerprint density at radius 3 is 2.00 bits per heavy atom. The van der Waals surface area contributed by atoms with E-state index in [0.717, 1.165) is 23.6 Å². The number of quaternary nitrogens is 1. The molecule has 2 N–H and O–H groups in total. The highest BCUT2D eigenvalue weighted by atomic mass is 16.2. The zero-order valence-electron chi connectivity index (χ0n) is 15.9. The summed E-state index contributed by atoms with van der Waals surface area (Å²) in [4.78, 5) is 12.7. The summed E-state index contributed by atoms with van der Waals surface area (Å²) >= 11 is 0. The van der Waals surface area contributed by atoms with Crippen molar-refractivity contribution in [2.24, 2.45) is 0 Å². The summed E-state index contributed by atoms with van der Waals surface area (Å²) in [6.45, 7) is 1.20. The normalized spacial score (nSPS) is 11.0. The van der Waals surface area contributed by atoms with Crippen LogP contribution in [0.25, 0.3) is 0 Å². The molecule has 4 nitrogen and oxygen atoms in total. The van der Waals surface area contributed by atoms with Crippen LogP contribution in [0.15, 0.2) is 84.9 Å². The Morgan fingerprint density at radius 1 is 0.778 bits per heavy atom. The molecule has 0 aliphatic carbocycles. The molecule has 0 atom stereocenters. The molecule has 27 heavy (non-hydrogen) atoms. The van der Waals surface area contributed by atoms with Crippen LogP contribution < -0.4 is 10.6 Å². The van der Waals surface area contributed by atoms with Gasteiger partial charge in [-0.05, 0) is 24.3 Å². The van der Waals surface area contributed by atoms with Gasteiger partial charge in [-0.1, -0.05) is 60.7 Å². The molecule has 3 aromatic rings. The lowest BCUT2D eigenvalue weighted by Crippen LogP contribution is -2.44. The second kappa shape index (κ2) is 8.52. The summed E-state index contributed by atoms with van der Waals surface area (Å²) in [7, 11) is 4.14. The summed E-state index contributed by atoms with van der Waals surface area (Å²) in [6, 6.07) is 27.9. The molecular formula is C23H26N3O+. The standard InChI is InChI=1S/C23H25N3O/c1-26(2,17-19-11-5-3-6-12-19)18-23(27)25-22-16-10-9-15-21(22)24-20-13-7-4-8-14-20/h3-16,24H,17-18H2,1-2H3/p+1. The van der Waals surface area contributed by atoms with E-state index in [0.29, 0.717) is 11.0 Å². The van der Waals surface area contributed by atoms with Crippen molar-refractivity contribution in [3.63, 3.8) is 0 Å². The number of hydrogen-bond acceptors (Lipinski definition) is 2. The molecule has 3 rings (SSSR count). The minimum atomic E-state index is -0.00163. The van der Waals surface area contributed by atoms with Gasteiger partial charge in [0.1, 0.15) is 6.54 Å². The third-order valence-corrected chi connectivity index (χ3v) is 4.28. The Morgan fingerprint density at radius 2 is 1.33 bits per heavy atom. The zero-order valence-corrected chi connectivity index (χ0v) is 15.9. The molecule has 3 aromatic carbocycles. The van der Waals surface area contributed by atoms with Crippen molar-refractivity contribution in [1.29, 1.82) is 0 Å². The van der Waals surface area contributed by atoms with Crippen LogP contribution in [0.1, 0.15) is 5.56 Å². The van der Waals surface area contributed by atoms with Gasteiger partial charge in [-0.3, -0.25) is 4.79 Å². The topological polar surface area (TPSA) is 41.1 Å². The van der Waals surface area contributed by atoms with Gasteiger partial charge in [0.2, 0.25) is 0 Å². The molecular weight excluding hydrogens is 334 g/mol. The van der Waals surface area contributed by atoms with Crippen molar-refractivity contribution in [1.82, 2.24) is 0 Å². The fraction of sp³-hybridized carbons (Fsp3) is 0.174. The van der Waals surface area contributed by atoms with Gasteiger partial charge < -0.3 is 15.1 Å². The van der Waals surface area contributed by atoms with E-state index in [2.05, 4.69) is 36.9 Å². The average molecular weight is 360 g/mol. The number of benzene rings is 3. The summed E-state index contributed by atoms with van der Waals surface area (Å²) in [5.41, 5.74) is 3.87. The molecule has 1 amide bonds. The molecule has 0 bridgehead atoms. The third kappa shape index (κ3) is 5.69. The van der Waals surface area contributed by atoms with Crippen LogP contribution in [0.5, 0.6) is 0 Å². The zero-order chi connectivity index (χ0) is 19.1. The van der Waals surface area contributed by atoms with Crippen LogP contribution in [-0.2, 0) is 11.3 Å². The van der Waals surface area contributed by atoms with E-state index in [1.54, 1.807) is 0 Å². The van der Waals surface area contributed by atoms with Crippen molar-refractivity contribution in [3.8, 4) is 0 Å². The van der Waals surface area contributed by atoms with Crippen LogP contribution >= 0.6 is 0 Å². The maximum atomic E-state index is 12.7. The van der Waals surface area contributed by atoms with Gasteiger partial charge in [-0.15, -0.1) is 0 Å². The van der Waals surface area contributed by atoms with Gasteiger partial charge in [0.25, 0.3) is 5.91 Å². The van der Waals surface area contributed by atoms with Crippen molar-refractivity contribution < 1.29 is 9.28 Å². The van der Waals surface area contributed by atoms with E-state index in [4.69, 9.17) is 0 Å². The lowest BCUT2D eigenvalue weighted by molar-refractivity contribution is -0.895. The Hall–Kier alpha value is -3.11. The Bertz CT molecular complexity index is 876. The Balaban J connectivity index is 1.65. The molecule has 0 fully saturated rings. The van der Waals surface area contributed by atoms with Crippen molar-refractivity contribution >= 4 is 23.0 Å². The summed E-state index contributed by atoms with van der Waals surface area (Å²) in [6.07, 6.45) is 0. The predicted molar refractivity (Wildman–Crippen MR) is 112 cm³/mol. The predicted octanol–water partition coefficient (Wildman–Crippen LogP) is 4.65. The first-order chi connectivity index (χ1) is 13.0. The number of nitrogens with one attached hydrogen (secondary N) is 2. The Labute approximate surface area is 161 Å². The quantitative estimate of drug-likeness (QED) is 0.603.